The topological polar surface area (TPSA) is 61.3 Å². The van der Waals surface area contributed by atoms with Gasteiger partial charge in [0.1, 0.15) is 5.75 Å². The van der Waals surface area contributed by atoms with Crippen LogP contribution in [0.3, 0.4) is 0 Å². The Balaban J connectivity index is 2.16. The molecule has 0 heterocycles. The van der Waals surface area contributed by atoms with Crippen molar-refractivity contribution in [3.05, 3.63) is 29.3 Å². The summed E-state index contributed by atoms with van der Waals surface area (Å²) in [5.74, 6) is 2.21. The highest BCUT2D eigenvalue weighted by Crippen LogP contribution is 2.33. The zero-order valence-electron chi connectivity index (χ0n) is 11.4. The molecule has 1 unspecified atom stereocenters. The van der Waals surface area contributed by atoms with Crippen molar-refractivity contribution in [3.63, 3.8) is 0 Å². The quantitative estimate of drug-likeness (QED) is 0.813. The molecule has 3 heteroatoms. The van der Waals surface area contributed by atoms with Crippen molar-refractivity contribution in [1.29, 1.82) is 0 Å². The summed E-state index contributed by atoms with van der Waals surface area (Å²) in [6, 6.07) is 6.14. The second kappa shape index (κ2) is 5.72. The lowest BCUT2D eigenvalue weighted by atomic mass is 9.97. The lowest BCUT2D eigenvalue weighted by molar-refractivity contribution is 0.295. The third-order valence-electron chi connectivity index (χ3n) is 3.51. The molecule has 1 aliphatic carbocycles. The first-order valence-electron chi connectivity index (χ1n) is 6.84. The van der Waals surface area contributed by atoms with Crippen molar-refractivity contribution in [2.45, 2.75) is 38.6 Å². The van der Waals surface area contributed by atoms with Gasteiger partial charge in [-0.25, -0.2) is 0 Å². The maximum absolute atomic E-state index is 5.98. The highest BCUT2D eigenvalue weighted by Gasteiger charge is 2.22. The van der Waals surface area contributed by atoms with Crippen LogP contribution in [0.4, 0.5) is 0 Å². The molecule has 0 aromatic heterocycles. The van der Waals surface area contributed by atoms with E-state index >= 15 is 0 Å². The fourth-order valence-electron chi connectivity index (χ4n) is 2.01. The minimum absolute atomic E-state index is 0.0833. The van der Waals surface area contributed by atoms with Crippen molar-refractivity contribution in [2.24, 2.45) is 17.4 Å². The minimum Gasteiger partial charge on any atom is -0.493 e. The van der Waals surface area contributed by atoms with E-state index in [1.54, 1.807) is 0 Å². The molecule has 4 N–H and O–H groups in total. The Hall–Kier alpha value is -1.06. The first kappa shape index (κ1) is 13.4. The number of ether oxygens (including phenoxy) is 1. The average Bonchev–Trinajstić information content (AvgIpc) is 3.19. The summed E-state index contributed by atoms with van der Waals surface area (Å²) in [4.78, 5) is 0. The van der Waals surface area contributed by atoms with Gasteiger partial charge in [-0.3, -0.25) is 0 Å². The van der Waals surface area contributed by atoms with Crippen LogP contribution in [0.2, 0.25) is 0 Å². The van der Waals surface area contributed by atoms with E-state index in [4.69, 9.17) is 16.2 Å². The predicted octanol–water partition coefficient (Wildman–Crippen LogP) is 2.56. The zero-order chi connectivity index (χ0) is 13.1. The SMILES string of the molecule is CC(C)c1cc(C(N)CN)ccc1OCC1CC1. The number of benzene rings is 1. The minimum atomic E-state index is -0.0833. The summed E-state index contributed by atoms with van der Waals surface area (Å²) >= 11 is 0. The summed E-state index contributed by atoms with van der Waals surface area (Å²) in [5.41, 5.74) is 13.9. The van der Waals surface area contributed by atoms with E-state index in [0.29, 0.717) is 12.5 Å². The fourth-order valence-corrected chi connectivity index (χ4v) is 2.01. The lowest BCUT2D eigenvalue weighted by Gasteiger charge is -2.17. The highest BCUT2D eigenvalue weighted by molar-refractivity contribution is 5.40. The van der Waals surface area contributed by atoms with E-state index in [1.165, 1.54) is 18.4 Å². The maximum Gasteiger partial charge on any atom is 0.122 e. The monoisotopic (exact) mass is 248 g/mol. The van der Waals surface area contributed by atoms with Gasteiger partial charge in [0.15, 0.2) is 0 Å². The lowest BCUT2D eigenvalue weighted by Crippen LogP contribution is -2.21. The second-order valence-electron chi connectivity index (χ2n) is 5.55. The average molecular weight is 248 g/mol. The van der Waals surface area contributed by atoms with Crippen molar-refractivity contribution in [2.75, 3.05) is 13.2 Å². The van der Waals surface area contributed by atoms with E-state index in [-0.39, 0.29) is 6.04 Å². The first-order chi connectivity index (χ1) is 8.61. The van der Waals surface area contributed by atoms with Crippen LogP contribution in [0.15, 0.2) is 18.2 Å². The van der Waals surface area contributed by atoms with E-state index in [1.807, 2.05) is 12.1 Å². The molecule has 1 aromatic rings. The van der Waals surface area contributed by atoms with Crippen LogP contribution in [0.5, 0.6) is 5.75 Å². The third-order valence-corrected chi connectivity index (χ3v) is 3.51. The van der Waals surface area contributed by atoms with Crippen LogP contribution in [-0.4, -0.2) is 13.2 Å². The van der Waals surface area contributed by atoms with Crippen LogP contribution >= 0.6 is 0 Å². The molecule has 0 radical (unpaired) electrons. The van der Waals surface area contributed by atoms with Gasteiger partial charge < -0.3 is 16.2 Å². The Morgan fingerprint density at radius 1 is 1.33 bits per heavy atom. The van der Waals surface area contributed by atoms with Gasteiger partial charge in [-0.1, -0.05) is 26.0 Å². The molecule has 0 saturated heterocycles. The van der Waals surface area contributed by atoms with Crippen molar-refractivity contribution in [3.8, 4) is 5.75 Å². The highest BCUT2D eigenvalue weighted by atomic mass is 16.5. The summed E-state index contributed by atoms with van der Waals surface area (Å²) in [6.45, 7) is 5.68. The van der Waals surface area contributed by atoms with Crippen LogP contribution in [0, 0.1) is 5.92 Å². The van der Waals surface area contributed by atoms with E-state index in [0.717, 1.165) is 23.8 Å². The smallest absolute Gasteiger partial charge is 0.122 e. The number of nitrogens with two attached hydrogens (primary N) is 2. The second-order valence-corrected chi connectivity index (χ2v) is 5.55. The maximum atomic E-state index is 5.98. The molecule has 1 fully saturated rings. The summed E-state index contributed by atoms with van der Waals surface area (Å²) < 4.78 is 5.92. The number of hydrogen-bond donors (Lipinski definition) is 2. The Bertz CT molecular complexity index is 399. The molecule has 1 atom stereocenters. The molecule has 18 heavy (non-hydrogen) atoms. The molecule has 100 valence electrons. The molecule has 0 spiro atoms. The van der Waals surface area contributed by atoms with Crippen LogP contribution in [0.1, 0.15) is 49.8 Å². The van der Waals surface area contributed by atoms with E-state index < -0.39 is 0 Å². The van der Waals surface area contributed by atoms with Crippen LogP contribution in [-0.2, 0) is 0 Å². The molecule has 0 aliphatic heterocycles. The Morgan fingerprint density at radius 3 is 2.61 bits per heavy atom. The van der Waals surface area contributed by atoms with Crippen LogP contribution < -0.4 is 16.2 Å². The summed E-state index contributed by atoms with van der Waals surface area (Å²) in [5, 5.41) is 0. The van der Waals surface area contributed by atoms with Gasteiger partial charge in [-0.05, 0) is 41.9 Å². The molecule has 1 aromatic carbocycles. The number of hydrogen-bond acceptors (Lipinski definition) is 3. The summed E-state index contributed by atoms with van der Waals surface area (Å²) in [7, 11) is 0. The Kier molecular flexibility index (Phi) is 4.25. The fraction of sp³-hybridized carbons (Fsp3) is 0.600. The van der Waals surface area contributed by atoms with Gasteiger partial charge in [0.05, 0.1) is 6.61 Å². The molecule has 1 saturated carbocycles. The van der Waals surface area contributed by atoms with Gasteiger partial charge in [0.2, 0.25) is 0 Å². The molecule has 1 aliphatic rings. The normalized spacial score (nSPS) is 16.9. The summed E-state index contributed by atoms with van der Waals surface area (Å²) in [6.07, 6.45) is 2.63. The molecular weight excluding hydrogens is 224 g/mol. The van der Waals surface area contributed by atoms with Gasteiger partial charge in [0, 0.05) is 12.6 Å². The Morgan fingerprint density at radius 2 is 2.06 bits per heavy atom. The van der Waals surface area contributed by atoms with Crippen molar-refractivity contribution >= 4 is 0 Å². The predicted molar refractivity (Wildman–Crippen MR) is 74.7 cm³/mol. The first-order valence-corrected chi connectivity index (χ1v) is 6.84. The molecule has 0 bridgehead atoms. The molecular formula is C15H24N2O. The van der Waals surface area contributed by atoms with Gasteiger partial charge in [-0.15, -0.1) is 0 Å². The van der Waals surface area contributed by atoms with Crippen molar-refractivity contribution in [1.82, 2.24) is 0 Å². The molecule has 0 amide bonds. The van der Waals surface area contributed by atoms with Gasteiger partial charge >= 0.3 is 0 Å². The van der Waals surface area contributed by atoms with Gasteiger partial charge in [-0.2, -0.15) is 0 Å². The largest absolute Gasteiger partial charge is 0.493 e. The van der Waals surface area contributed by atoms with E-state index in [2.05, 4.69) is 19.9 Å². The van der Waals surface area contributed by atoms with Gasteiger partial charge in [0.25, 0.3) is 0 Å². The number of rotatable bonds is 6. The Labute approximate surface area is 110 Å². The van der Waals surface area contributed by atoms with E-state index in [9.17, 15) is 0 Å². The molecule has 3 nitrogen and oxygen atoms in total. The molecule has 2 rings (SSSR count). The standard InChI is InChI=1S/C15H24N2O/c1-10(2)13-7-12(14(17)8-16)5-6-15(13)18-9-11-3-4-11/h5-7,10-11,14H,3-4,8-9,16-17H2,1-2H3. The van der Waals surface area contributed by atoms with Crippen LogP contribution in [0.25, 0.3) is 0 Å². The third kappa shape index (κ3) is 3.24. The van der Waals surface area contributed by atoms with Crippen molar-refractivity contribution < 1.29 is 4.74 Å². The zero-order valence-corrected chi connectivity index (χ0v) is 11.4.